The standard InChI is InChI=1S/C17H17NO4S/c1-11(19)15(12(2)20)16(14-9-6-10-23-14)17(18(21)22)13-7-4-3-5-8-13/h3-10,16-17,19H,1-2H3/b15-11+/t16-,17+/m0/s1. The van der Waals surface area contributed by atoms with Crippen molar-refractivity contribution in [1.82, 2.24) is 0 Å². The minimum Gasteiger partial charge on any atom is -0.512 e. The number of allylic oxidation sites excluding steroid dienone is 1. The van der Waals surface area contributed by atoms with E-state index < -0.39 is 16.9 Å². The van der Waals surface area contributed by atoms with Gasteiger partial charge in [-0.2, -0.15) is 0 Å². The number of hydrogen-bond acceptors (Lipinski definition) is 5. The molecule has 0 unspecified atom stereocenters. The number of rotatable bonds is 6. The van der Waals surface area contributed by atoms with E-state index in [-0.39, 0.29) is 17.1 Å². The summed E-state index contributed by atoms with van der Waals surface area (Å²) in [5.74, 6) is -1.38. The van der Waals surface area contributed by atoms with Crippen molar-refractivity contribution < 1.29 is 14.8 Å². The van der Waals surface area contributed by atoms with Crippen LogP contribution in [0.15, 0.2) is 59.2 Å². The molecule has 2 aromatic rings. The van der Waals surface area contributed by atoms with Crippen LogP contribution in [0.2, 0.25) is 0 Å². The second kappa shape index (κ2) is 7.19. The number of benzene rings is 1. The molecule has 1 aromatic heterocycles. The first kappa shape index (κ1) is 16.9. The zero-order valence-electron chi connectivity index (χ0n) is 12.8. The number of thiophene rings is 1. The molecule has 0 saturated carbocycles. The molecule has 120 valence electrons. The van der Waals surface area contributed by atoms with E-state index in [1.807, 2.05) is 0 Å². The molecule has 23 heavy (non-hydrogen) atoms. The van der Waals surface area contributed by atoms with E-state index in [2.05, 4.69) is 0 Å². The van der Waals surface area contributed by atoms with Crippen LogP contribution in [0.1, 0.15) is 36.2 Å². The number of nitrogens with zero attached hydrogens (tertiary/aromatic N) is 1. The van der Waals surface area contributed by atoms with Crippen molar-refractivity contribution >= 4 is 17.1 Å². The topological polar surface area (TPSA) is 80.4 Å². The van der Waals surface area contributed by atoms with E-state index in [0.717, 1.165) is 0 Å². The Morgan fingerprint density at radius 1 is 1.17 bits per heavy atom. The molecule has 1 heterocycles. The predicted octanol–water partition coefficient (Wildman–Crippen LogP) is 4.27. The van der Waals surface area contributed by atoms with Gasteiger partial charge in [0.2, 0.25) is 6.04 Å². The Labute approximate surface area is 138 Å². The second-order valence-electron chi connectivity index (χ2n) is 5.19. The molecule has 0 aliphatic carbocycles. The molecule has 0 fully saturated rings. The summed E-state index contributed by atoms with van der Waals surface area (Å²) in [6, 6.07) is 10.9. The van der Waals surface area contributed by atoms with Crippen LogP contribution in [0.4, 0.5) is 0 Å². The maximum Gasteiger partial charge on any atom is 0.249 e. The van der Waals surface area contributed by atoms with Crippen LogP contribution in [0.5, 0.6) is 0 Å². The fourth-order valence-corrected chi connectivity index (χ4v) is 3.57. The highest BCUT2D eigenvalue weighted by atomic mass is 32.1. The van der Waals surface area contributed by atoms with E-state index in [4.69, 9.17) is 0 Å². The largest absolute Gasteiger partial charge is 0.512 e. The van der Waals surface area contributed by atoms with E-state index in [1.165, 1.54) is 25.2 Å². The quantitative estimate of drug-likeness (QED) is 0.371. The van der Waals surface area contributed by atoms with Crippen LogP contribution in [0, 0.1) is 10.1 Å². The van der Waals surface area contributed by atoms with E-state index in [0.29, 0.717) is 10.4 Å². The third-order valence-electron chi connectivity index (χ3n) is 3.61. The van der Waals surface area contributed by atoms with Crippen molar-refractivity contribution in [2.75, 3.05) is 0 Å². The average molecular weight is 331 g/mol. The molecule has 0 radical (unpaired) electrons. The van der Waals surface area contributed by atoms with Gasteiger partial charge in [0.15, 0.2) is 5.78 Å². The second-order valence-corrected chi connectivity index (χ2v) is 6.17. The molecule has 2 atom stereocenters. The van der Waals surface area contributed by atoms with Crippen molar-refractivity contribution in [3.63, 3.8) is 0 Å². The third kappa shape index (κ3) is 3.65. The molecule has 0 aliphatic heterocycles. The summed E-state index contributed by atoms with van der Waals surface area (Å²) < 4.78 is 0. The average Bonchev–Trinajstić information content (AvgIpc) is 3.00. The highest BCUT2D eigenvalue weighted by molar-refractivity contribution is 7.10. The van der Waals surface area contributed by atoms with Crippen molar-refractivity contribution in [3.05, 3.63) is 79.7 Å². The summed E-state index contributed by atoms with van der Waals surface area (Å²) >= 11 is 1.33. The van der Waals surface area contributed by atoms with E-state index in [9.17, 15) is 20.0 Å². The summed E-state index contributed by atoms with van der Waals surface area (Å²) in [6.07, 6.45) is 0. The van der Waals surface area contributed by atoms with Crippen molar-refractivity contribution in [2.45, 2.75) is 25.8 Å². The van der Waals surface area contributed by atoms with Gasteiger partial charge in [-0.3, -0.25) is 14.9 Å². The van der Waals surface area contributed by atoms with Crippen LogP contribution in [-0.2, 0) is 4.79 Å². The zero-order valence-corrected chi connectivity index (χ0v) is 13.6. The molecule has 2 rings (SSSR count). The van der Waals surface area contributed by atoms with Gasteiger partial charge in [0.1, 0.15) is 0 Å². The number of Topliss-reactive ketones (excluding diaryl/α,β-unsaturated/α-hetero) is 1. The number of nitro groups is 1. The first-order valence-electron chi connectivity index (χ1n) is 7.06. The summed E-state index contributed by atoms with van der Waals surface area (Å²) in [4.78, 5) is 24.1. The van der Waals surface area contributed by atoms with E-state index >= 15 is 0 Å². The molecular formula is C17H17NO4S. The van der Waals surface area contributed by atoms with Gasteiger partial charge in [-0.25, -0.2) is 0 Å². The number of aliphatic hydroxyl groups is 1. The Hall–Kier alpha value is -2.47. The summed E-state index contributed by atoms with van der Waals surface area (Å²) in [5, 5.41) is 23.6. The third-order valence-corrected chi connectivity index (χ3v) is 4.57. The number of carbonyl (C=O) groups is 1. The van der Waals surface area contributed by atoms with Crippen LogP contribution in [0.3, 0.4) is 0 Å². The van der Waals surface area contributed by atoms with Gasteiger partial charge in [-0.05, 0) is 25.3 Å². The molecule has 1 aromatic carbocycles. The lowest BCUT2D eigenvalue weighted by Gasteiger charge is -2.22. The zero-order chi connectivity index (χ0) is 17.0. The van der Waals surface area contributed by atoms with Gasteiger partial charge in [-0.15, -0.1) is 11.3 Å². The Morgan fingerprint density at radius 3 is 2.26 bits per heavy atom. The first-order valence-corrected chi connectivity index (χ1v) is 7.94. The van der Waals surface area contributed by atoms with Gasteiger partial charge in [-0.1, -0.05) is 36.4 Å². The minimum absolute atomic E-state index is 0.0815. The number of aliphatic hydroxyl groups excluding tert-OH is 1. The number of ketones is 1. The molecule has 1 N–H and O–H groups in total. The Balaban J connectivity index is 2.67. The lowest BCUT2D eigenvalue weighted by molar-refractivity contribution is -0.531. The van der Waals surface area contributed by atoms with Crippen LogP contribution in [-0.4, -0.2) is 15.8 Å². The van der Waals surface area contributed by atoms with Crippen LogP contribution in [0.25, 0.3) is 0 Å². The van der Waals surface area contributed by atoms with Crippen LogP contribution >= 0.6 is 11.3 Å². The Kier molecular flexibility index (Phi) is 5.28. The van der Waals surface area contributed by atoms with E-state index in [1.54, 1.807) is 47.8 Å². The monoisotopic (exact) mass is 331 g/mol. The maximum atomic E-state index is 12.0. The molecule has 0 bridgehead atoms. The fourth-order valence-electron chi connectivity index (χ4n) is 2.71. The first-order chi connectivity index (χ1) is 10.9. The summed E-state index contributed by atoms with van der Waals surface area (Å²) in [5.41, 5.74) is 0.578. The van der Waals surface area contributed by atoms with Gasteiger partial charge in [0.05, 0.1) is 11.7 Å². The van der Waals surface area contributed by atoms with Gasteiger partial charge in [0.25, 0.3) is 0 Å². The minimum atomic E-state index is -1.14. The Bertz CT molecular complexity index is 718. The van der Waals surface area contributed by atoms with Crippen molar-refractivity contribution in [2.24, 2.45) is 0 Å². The molecule has 0 spiro atoms. The summed E-state index contributed by atoms with van der Waals surface area (Å²) in [7, 11) is 0. The predicted molar refractivity (Wildman–Crippen MR) is 89.2 cm³/mol. The van der Waals surface area contributed by atoms with Gasteiger partial charge in [0, 0.05) is 20.9 Å². The molecular weight excluding hydrogens is 314 g/mol. The SMILES string of the molecule is CC(=O)/C(=C(/C)O)[C@H](c1cccs1)[C@@H](c1ccccc1)[N+](=O)[O-]. The smallest absolute Gasteiger partial charge is 0.249 e. The molecule has 0 amide bonds. The highest BCUT2D eigenvalue weighted by Crippen LogP contribution is 2.42. The maximum absolute atomic E-state index is 12.0. The normalized spacial score (nSPS) is 14.7. The lowest BCUT2D eigenvalue weighted by atomic mass is 9.83. The molecule has 0 aliphatic rings. The van der Waals surface area contributed by atoms with Crippen LogP contribution < -0.4 is 0 Å². The van der Waals surface area contributed by atoms with Crippen molar-refractivity contribution in [1.29, 1.82) is 0 Å². The highest BCUT2D eigenvalue weighted by Gasteiger charge is 2.40. The number of carbonyl (C=O) groups excluding carboxylic acids is 1. The molecule has 0 saturated heterocycles. The molecule has 6 heteroatoms. The fraction of sp³-hybridized carbons (Fsp3) is 0.235. The van der Waals surface area contributed by atoms with Gasteiger partial charge < -0.3 is 5.11 Å². The van der Waals surface area contributed by atoms with Gasteiger partial charge >= 0.3 is 0 Å². The Morgan fingerprint density at radius 2 is 1.83 bits per heavy atom. The molecule has 5 nitrogen and oxygen atoms in total. The summed E-state index contributed by atoms with van der Waals surface area (Å²) in [6.45, 7) is 2.71. The van der Waals surface area contributed by atoms with Crippen molar-refractivity contribution in [3.8, 4) is 0 Å². The lowest BCUT2D eigenvalue weighted by Crippen LogP contribution is -2.24. The number of hydrogen-bond donors (Lipinski definition) is 1.